The summed E-state index contributed by atoms with van der Waals surface area (Å²) in [6, 6.07) is 6.06. The van der Waals surface area contributed by atoms with Crippen molar-refractivity contribution in [2.45, 2.75) is 19.4 Å². The molecule has 0 fully saturated rings. The smallest absolute Gasteiger partial charge is 0.341 e. The van der Waals surface area contributed by atoms with Crippen LogP contribution in [0.15, 0.2) is 24.3 Å². The Hall–Kier alpha value is -2.28. The average Bonchev–Trinajstić information content (AvgIpc) is 2.44. The lowest BCUT2D eigenvalue weighted by Gasteiger charge is -2.23. The molecule has 3 N–H and O–H groups in total. The first kappa shape index (κ1) is 16.8. The lowest BCUT2D eigenvalue weighted by Crippen LogP contribution is -2.41. The molecule has 2 amide bonds. The average molecular weight is 296 g/mol. The first-order valence-electron chi connectivity index (χ1n) is 6.37. The van der Waals surface area contributed by atoms with Crippen LogP contribution in [0.2, 0.25) is 0 Å². The quantitative estimate of drug-likeness (QED) is 0.711. The van der Waals surface area contributed by atoms with Crippen LogP contribution in [0.25, 0.3) is 0 Å². The van der Waals surface area contributed by atoms with Crippen LogP contribution in [0.1, 0.15) is 13.8 Å². The number of rotatable bonds is 7. The van der Waals surface area contributed by atoms with Crippen molar-refractivity contribution in [2.24, 2.45) is 0 Å². The Morgan fingerprint density at radius 2 is 1.86 bits per heavy atom. The van der Waals surface area contributed by atoms with Crippen LogP contribution in [0.5, 0.6) is 5.75 Å². The Balaban J connectivity index is 2.44. The third-order valence-corrected chi connectivity index (χ3v) is 2.70. The monoisotopic (exact) mass is 296 g/mol. The minimum absolute atomic E-state index is 0.348. The Morgan fingerprint density at radius 1 is 1.24 bits per heavy atom. The molecule has 0 saturated heterocycles. The number of ether oxygens (including phenoxy) is 2. The summed E-state index contributed by atoms with van der Waals surface area (Å²) in [6.07, 6.45) is 0. The number of hydrogen-bond acceptors (Lipinski definition) is 4. The summed E-state index contributed by atoms with van der Waals surface area (Å²) in [4.78, 5) is 22.1. The topological polar surface area (TPSA) is 96.9 Å². The van der Waals surface area contributed by atoms with Crippen molar-refractivity contribution >= 4 is 17.7 Å². The number of nitrogens with one attached hydrogen (secondary N) is 2. The van der Waals surface area contributed by atoms with Crippen LogP contribution in [0.3, 0.4) is 0 Å². The van der Waals surface area contributed by atoms with Gasteiger partial charge < -0.3 is 25.2 Å². The molecule has 7 nitrogen and oxygen atoms in total. The molecular weight excluding hydrogens is 276 g/mol. The van der Waals surface area contributed by atoms with E-state index in [4.69, 9.17) is 14.6 Å². The molecular formula is C14H20N2O5. The van der Waals surface area contributed by atoms with Crippen molar-refractivity contribution in [1.82, 2.24) is 5.32 Å². The first-order valence-corrected chi connectivity index (χ1v) is 6.37. The number of methoxy groups -OCH3 is 1. The van der Waals surface area contributed by atoms with E-state index < -0.39 is 18.2 Å². The van der Waals surface area contributed by atoms with E-state index in [1.54, 1.807) is 31.4 Å². The van der Waals surface area contributed by atoms with Gasteiger partial charge >= 0.3 is 12.0 Å². The number of carboxylic acid groups (broad SMARTS) is 1. The minimum atomic E-state index is -1.04. The number of benzene rings is 1. The summed E-state index contributed by atoms with van der Waals surface area (Å²) in [5.74, 6) is -0.624. The molecule has 0 aliphatic rings. The molecule has 116 valence electrons. The van der Waals surface area contributed by atoms with E-state index >= 15 is 0 Å². The summed E-state index contributed by atoms with van der Waals surface area (Å²) < 4.78 is 10.2. The zero-order chi connectivity index (χ0) is 15.9. The third-order valence-electron chi connectivity index (χ3n) is 2.70. The van der Waals surface area contributed by atoms with Crippen molar-refractivity contribution in [3.8, 4) is 5.75 Å². The predicted octanol–water partition coefficient (Wildman–Crippen LogP) is 1.70. The summed E-state index contributed by atoms with van der Waals surface area (Å²) >= 11 is 0. The number of carbonyl (C=O) groups is 2. The van der Waals surface area contributed by atoms with Gasteiger partial charge in [0, 0.05) is 19.3 Å². The Labute approximate surface area is 123 Å². The van der Waals surface area contributed by atoms with Gasteiger partial charge in [0.2, 0.25) is 0 Å². The second kappa shape index (κ2) is 7.49. The van der Waals surface area contributed by atoms with Gasteiger partial charge in [0.25, 0.3) is 0 Å². The highest BCUT2D eigenvalue weighted by Crippen LogP contribution is 2.15. The van der Waals surface area contributed by atoms with Crippen LogP contribution >= 0.6 is 0 Å². The van der Waals surface area contributed by atoms with E-state index in [0.717, 1.165) is 0 Å². The molecule has 7 heteroatoms. The van der Waals surface area contributed by atoms with Crippen molar-refractivity contribution < 1.29 is 24.2 Å². The van der Waals surface area contributed by atoms with E-state index in [-0.39, 0.29) is 6.03 Å². The molecule has 0 atom stereocenters. The maximum Gasteiger partial charge on any atom is 0.341 e. The standard InChI is InChI=1S/C14H20N2O5/c1-14(2,20-3)9-15-13(19)16-10-4-6-11(7-5-10)21-8-12(17)18/h4-7H,8-9H2,1-3H3,(H,17,18)(H2,15,16,19). The van der Waals surface area contributed by atoms with Crippen molar-refractivity contribution in [1.29, 1.82) is 0 Å². The van der Waals surface area contributed by atoms with E-state index in [9.17, 15) is 9.59 Å². The van der Waals surface area contributed by atoms with Gasteiger partial charge in [-0.05, 0) is 38.1 Å². The van der Waals surface area contributed by atoms with Gasteiger partial charge in [0.15, 0.2) is 6.61 Å². The molecule has 0 heterocycles. The number of hydrogen-bond donors (Lipinski definition) is 3. The number of carboxylic acids is 1. The Bertz CT molecular complexity index is 485. The van der Waals surface area contributed by atoms with Crippen molar-refractivity contribution in [3.63, 3.8) is 0 Å². The fraction of sp³-hybridized carbons (Fsp3) is 0.429. The molecule has 0 saturated carbocycles. The van der Waals surface area contributed by atoms with Crippen LogP contribution in [-0.2, 0) is 9.53 Å². The molecule has 0 aromatic heterocycles. The first-order chi connectivity index (χ1) is 9.82. The Morgan fingerprint density at radius 3 is 2.38 bits per heavy atom. The third kappa shape index (κ3) is 6.62. The number of amides is 2. The molecule has 0 spiro atoms. The van der Waals surface area contributed by atoms with Gasteiger partial charge in [-0.1, -0.05) is 0 Å². The highest BCUT2D eigenvalue weighted by atomic mass is 16.5. The van der Waals surface area contributed by atoms with E-state index in [2.05, 4.69) is 10.6 Å². The highest BCUT2D eigenvalue weighted by Gasteiger charge is 2.17. The molecule has 0 radical (unpaired) electrons. The highest BCUT2D eigenvalue weighted by molar-refractivity contribution is 5.89. The van der Waals surface area contributed by atoms with Gasteiger partial charge in [-0.25, -0.2) is 9.59 Å². The molecule has 0 bridgehead atoms. The molecule has 21 heavy (non-hydrogen) atoms. The fourth-order valence-corrected chi connectivity index (χ4v) is 1.32. The molecule has 1 aromatic rings. The molecule has 1 aromatic carbocycles. The normalized spacial score (nSPS) is 10.8. The van der Waals surface area contributed by atoms with Crippen LogP contribution < -0.4 is 15.4 Å². The van der Waals surface area contributed by atoms with Gasteiger partial charge in [-0.2, -0.15) is 0 Å². The Kier molecular flexibility index (Phi) is 5.98. The zero-order valence-electron chi connectivity index (χ0n) is 12.3. The summed E-state index contributed by atoms with van der Waals surface area (Å²) in [5, 5.41) is 13.8. The van der Waals surface area contributed by atoms with Crippen molar-refractivity contribution in [3.05, 3.63) is 24.3 Å². The largest absolute Gasteiger partial charge is 0.482 e. The lowest BCUT2D eigenvalue weighted by molar-refractivity contribution is -0.139. The van der Waals surface area contributed by atoms with Crippen molar-refractivity contribution in [2.75, 3.05) is 25.6 Å². The van der Waals surface area contributed by atoms with E-state index in [1.165, 1.54) is 0 Å². The van der Waals surface area contributed by atoms with Gasteiger partial charge in [-0.3, -0.25) is 0 Å². The van der Waals surface area contributed by atoms with Gasteiger partial charge in [0.05, 0.1) is 5.60 Å². The maximum absolute atomic E-state index is 11.7. The van der Waals surface area contributed by atoms with Gasteiger partial charge in [0.1, 0.15) is 5.75 Å². The summed E-state index contributed by atoms with van der Waals surface area (Å²) in [7, 11) is 1.58. The predicted molar refractivity (Wildman–Crippen MR) is 77.7 cm³/mol. The number of anilines is 1. The number of aliphatic carboxylic acids is 1. The zero-order valence-corrected chi connectivity index (χ0v) is 12.3. The number of carbonyl (C=O) groups excluding carboxylic acids is 1. The molecule has 0 unspecified atom stereocenters. The molecule has 0 aliphatic carbocycles. The minimum Gasteiger partial charge on any atom is -0.482 e. The number of urea groups is 1. The summed E-state index contributed by atoms with van der Waals surface area (Å²) in [6.45, 7) is 3.69. The lowest BCUT2D eigenvalue weighted by atomic mass is 10.1. The maximum atomic E-state index is 11.7. The molecule has 0 aliphatic heterocycles. The van der Waals surface area contributed by atoms with E-state index in [1.807, 2.05) is 13.8 Å². The van der Waals surface area contributed by atoms with E-state index in [0.29, 0.717) is 18.0 Å². The second-order valence-corrected chi connectivity index (χ2v) is 4.98. The van der Waals surface area contributed by atoms with Gasteiger partial charge in [-0.15, -0.1) is 0 Å². The van der Waals surface area contributed by atoms with Crippen LogP contribution in [0.4, 0.5) is 10.5 Å². The fourth-order valence-electron chi connectivity index (χ4n) is 1.32. The van der Waals surface area contributed by atoms with Crippen LogP contribution in [0, 0.1) is 0 Å². The van der Waals surface area contributed by atoms with Crippen LogP contribution in [-0.4, -0.2) is 43.0 Å². The molecule has 1 rings (SSSR count). The summed E-state index contributed by atoms with van der Waals surface area (Å²) in [5.41, 5.74) is 0.136. The SMILES string of the molecule is COC(C)(C)CNC(=O)Nc1ccc(OCC(=O)O)cc1. The second-order valence-electron chi connectivity index (χ2n) is 4.98.